The van der Waals surface area contributed by atoms with E-state index in [2.05, 4.69) is 15.0 Å². The largest absolute Gasteiger partial charge is 0.461 e. The Kier molecular flexibility index (Phi) is 5.17. The summed E-state index contributed by atoms with van der Waals surface area (Å²) in [5, 5.41) is 0.120. The van der Waals surface area contributed by atoms with Crippen LogP contribution in [0.15, 0.2) is 0 Å². The van der Waals surface area contributed by atoms with Crippen molar-refractivity contribution in [3.63, 3.8) is 0 Å². The van der Waals surface area contributed by atoms with Gasteiger partial charge in [-0.2, -0.15) is 15.0 Å². The molecule has 0 unspecified atom stereocenters. The Hall–Kier alpha value is -1.63. The summed E-state index contributed by atoms with van der Waals surface area (Å²) in [6.07, 6.45) is 2.17. The van der Waals surface area contributed by atoms with E-state index in [9.17, 15) is 4.79 Å². The lowest BCUT2D eigenvalue weighted by atomic mass is 9.93. The lowest BCUT2D eigenvalue weighted by Crippen LogP contribution is -2.36. The zero-order valence-corrected chi connectivity index (χ0v) is 13.0. The van der Waals surface area contributed by atoms with Gasteiger partial charge in [0, 0.05) is 19.5 Å². The smallest absolute Gasteiger partial charge is 0.322 e. The number of nitrogens with zero attached hydrogens (tertiary/aromatic N) is 4. The van der Waals surface area contributed by atoms with Crippen molar-refractivity contribution in [2.45, 2.75) is 39.2 Å². The highest BCUT2D eigenvalue weighted by molar-refractivity contribution is 6.28. The number of piperidine rings is 1. The third-order valence-electron chi connectivity index (χ3n) is 3.30. The maximum absolute atomic E-state index is 11.0. The van der Waals surface area contributed by atoms with Crippen molar-refractivity contribution in [3.8, 4) is 6.01 Å². The maximum Gasteiger partial charge on any atom is 0.322 e. The van der Waals surface area contributed by atoms with E-state index in [1.54, 1.807) is 0 Å². The fourth-order valence-electron chi connectivity index (χ4n) is 2.35. The van der Waals surface area contributed by atoms with E-state index in [0.29, 0.717) is 18.3 Å². The molecule has 8 heteroatoms. The van der Waals surface area contributed by atoms with E-state index in [4.69, 9.17) is 22.1 Å². The molecule has 0 saturated carbocycles. The van der Waals surface area contributed by atoms with Crippen molar-refractivity contribution >= 4 is 23.5 Å². The van der Waals surface area contributed by atoms with E-state index in [-0.39, 0.29) is 23.3 Å². The van der Waals surface area contributed by atoms with Gasteiger partial charge in [0.25, 0.3) is 0 Å². The number of halogens is 1. The topological polar surface area (TPSA) is 94.2 Å². The SMILES string of the molecule is CC(C)Oc1nc(Cl)nc(N2CCC(CC(N)=O)CC2)n1. The number of primary amides is 1. The molecule has 0 aromatic carbocycles. The van der Waals surface area contributed by atoms with Gasteiger partial charge in [0.05, 0.1) is 6.10 Å². The van der Waals surface area contributed by atoms with Crippen LogP contribution in [0.25, 0.3) is 0 Å². The van der Waals surface area contributed by atoms with Crippen LogP contribution in [0.3, 0.4) is 0 Å². The van der Waals surface area contributed by atoms with Crippen molar-refractivity contribution in [1.82, 2.24) is 15.0 Å². The highest BCUT2D eigenvalue weighted by Gasteiger charge is 2.23. The van der Waals surface area contributed by atoms with E-state index in [1.807, 2.05) is 18.7 Å². The molecule has 0 radical (unpaired) electrons. The first kappa shape index (κ1) is 15.8. The zero-order valence-electron chi connectivity index (χ0n) is 12.3. The number of carbonyl (C=O) groups is 1. The predicted molar refractivity (Wildman–Crippen MR) is 79.3 cm³/mol. The molecule has 1 saturated heterocycles. The van der Waals surface area contributed by atoms with Gasteiger partial charge < -0.3 is 15.4 Å². The minimum absolute atomic E-state index is 0.0300. The normalized spacial score (nSPS) is 16.3. The number of nitrogens with two attached hydrogens (primary N) is 1. The molecule has 116 valence electrons. The lowest BCUT2D eigenvalue weighted by Gasteiger charge is -2.31. The Morgan fingerprint density at radius 3 is 2.62 bits per heavy atom. The van der Waals surface area contributed by atoms with Crippen molar-refractivity contribution in [2.75, 3.05) is 18.0 Å². The van der Waals surface area contributed by atoms with Crippen LogP contribution in [0.4, 0.5) is 5.95 Å². The first-order valence-electron chi connectivity index (χ1n) is 7.05. The van der Waals surface area contributed by atoms with Crippen LogP contribution in [0.5, 0.6) is 6.01 Å². The Balaban J connectivity index is 2.02. The summed E-state index contributed by atoms with van der Waals surface area (Å²) in [6, 6.07) is 0.235. The summed E-state index contributed by atoms with van der Waals surface area (Å²) < 4.78 is 5.47. The van der Waals surface area contributed by atoms with Crippen LogP contribution in [-0.4, -0.2) is 40.1 Å². The van der Waals surface area contributed by atoms with Gasteiger partial charge in [0.15, 0.2) is 0 Å². The van der Waals surface area contributed by atoms with Crippen LogP contribution >= 0.6 is 11.6 Å². The van der Waals surface area contributed by atoms with Crippen LogP contribution in [0.1, 0.15) is 33.1 Å². The molecule has 1 amide bonds. The minimum Gasteiger partial charge on any atom is -0.461 e. The number of anilines is 1. The zero-order chi connectivity index (χ0) is 15.4. The molecule has 21 heavy (non-hydrogen) atoms. The molecule has 0 atom stereocenters. The molecule has 2 N–H and O–H groups in total. The average molecular weight is 314 g/mol. The highest BCUT2D eigenvalue weighted by Crippen LogP contribution is 2.24. The second-order valence-electron chi connectivity index (χ2n) is 5.45. The monoisotopic (exact) mass is 313 g/mol. The Morgan fingerprint density at radius 2 is 2.05 bits per heavy atom. The number of carbonyl (C=O) groups excluding carboxylic acids is 1. The van der Waals surface area contributed by atoms with E-state index in [1.165, 1.54) is 0 Å². The summed E-state index contributed by atoms with van der Waals surface area (Å²) in [5.41, 5.74) is 5.24. The van der Waals surface area contributed by atoms with Crippen molar-refractivity contribution < 1.29 is 9.53 Å². The maximum atomic E-state index is 11.0. The molecule has 7 nitrogen and oxygen atoms in total. The molecule has 0 bridgehead atoms. The number of hydrogen-bond donors (Lipinski definition) is 1. The Bertz CT molecular complexity index is 503. The van der Waals surface area contributed by atoms with Gasteiger partial charge in [-0.05, 0) is 44.2 Å². The molecule has 0 aliphatic carbocycles. The molecular formula is C13H20ClN5O2. The number of hydrogen-bond acceptors (Lipinski definition) is 6. The van der Waals surface area contributed by atoms with Gasteiger partial charge in [0.1, 0.15) is 0 Å². The number of ether oxygens (including phenoxy) is 1. The Morgan fingerprint density at radius 1 is 1.38 bits per heavy atom. The van der Waals surface area contributed by atoms with Gasteiger partial charge in [0.2, 0.25) is 17.1 Å². The average Bonchev–Trinajstić information content (AvgIpc) is 2.37. The molecule has 2 rings (SSSR count). The number of rotatable bonds is 5. The van der Waals surface area contributed by atoms with Crippen molar-refractivity contribution in [3.05, 3.63) is 5.28 Å². The summed E-state index contributed by atoms with van der Waals surface area (Å²) in [6.45, 7) is 5.32. The molecule has 1 aromatic rings. The van der Waals surface area contributed by atoms with Gasteiger partial charge in [-0.15, -0.1) is 0 Å². The van der Waals surface area contributed by atoms with Crippen LogP contribution in [0, 0.1) is 5.92 Å². The summed E-state index contributed by atoms with van der Waals surface area (Å²) in [4.78, 5) is 25.4. The standard InChI is InChI=1S/C13H20ClN5O2/c1-8(2)21-13-17-11(14)16-12(18-13)19-5-3-9(4-6-19)7-10(15)20/h8-9H,3-7H2,1-2H3,(H2,15,20). The predicted octanol–water partition coefficient (Wildman–Crippen LogP) is 1.40. The van der Waals surface area contributed by atoms with E-state index >= 15 is 0 Å². The van der Waals surface area contributed by atoms with Crippen LogP contribution in [0.2, 0.25) is 5.28 Å². The van der Waals surface area contributed by atoms with Crippen LogP contribution in [-0.2, 0) is 4.79 Å². The molecule has 1 aliphatic heterocycles. The van der Waals surface area contributed by atoms with Crippen LogP contribution < -0.4 is 15.4 Å². The lowest BCUT2D eigenvalue weighted by molar-refractivity contribution is -0.119. The second-order valence-corrected chi connectivity index (χ2v) is 5.79. The molecule has 1 aliphatic rings. The highest BCUT2D eigenvalue weighted by atomic mass is 35.5. The third kappa shape index (κ3) is 4.70. The van der Waals surface area contributed by atoms with Crippen molar-refractivity contribution in [2.24, 2.45) is 11.7 Å². The summed E-state index contributed by atoms with van der Waals surface area (Å²) in [5.74, 6) is 0.606. The first-order chi connectivity index (χ1) is 9.94. The van der Waals surface area contributed by atoms with Gasteiger partial charge >= 0.3 is 6.01 Å². The van der Waals surface area contributed by atoms with E-state index < -0.39 is 0 Å². The molecular weight excluding hydrogens is 294 g/mol. The number of aromatic nitrogens is 3. The Labute approximate surface area is 128 Å². The third-order valence-corrected chi connectivity index (χ3v) is 3.47. The second kappa shape index (κ2) is 6.89. The molecule has 1 aromatic heterocycles. The quantitative estimate of drug-likeness (QED) is 0.883. The van der Waals surface area contributed by atoms with Gasteiger partial charge in [-0.1, -0.05) is 0 Å². The van der Waals surface area contributed by atoms with Crippen molar-refractivity contribution in [1.29, 1.82) is 0 Å². The number of amides is 1. The molecule has 2 heterocycles. The van der Waals surface area contributed by atoms with E-state index in [0.717, 1.165) is 25.9 Å². The van der Waals surface area contributed by atoms with Gasteiger partial charge in [-0.3, -0.25) is 4.79 Å². The minimum atomic E-state index is -0.246. The summed E-state index contributed by atoms with van der Waals surface area (Å²) in [7, 11) is 0. The molecule has 1 fully saturated rings. The fraction of sp³-hybridized carbons (Fsp3) is 0.692. The summed E-state index contributed by atoms with van der Waals surface area (Å²) >= 11 is 5.92. The van der Waals surface area contributed by atoms with Gasteiger partial charge in [-0.25, -0.2) is 0 Å². The first-order valence-corrected chi connectivity index (χ1v) is 7.43. The fourth-order valence-corrected chi connectivity index (χ4v) is 2.50. The molecule has 0 spiro atoms.